The SMILES string of the molecule is CCCCC[C@H](C[C@H](O)C[C@H]1OC(=O)C=C[C@H]1CC)OC. The van der Waals surface area contributed by atoms with Gasteiger partial charge in [0.15, 0.2) is 0 Å². The lowest BCUT2D eigenvalue weighted by Crippen LogP contribution is -2.33. The van der Waals surface area contributed by atoms with Crippen LogP contribution in [0.25, 0.3) is 0 Å². The van der Waals surface area contributed by atoms with E-state index in [2.05, 4.69) is 13.8 Å². The third kappa shape index (κ3) is 6.62. The van der Waals surface area contributed by atoms with E-state index in [0.717, 1.165) is 19.3 Å². The van der Waals surface area contributed by atoms with Crippen molar-refractivity contribution in [3.05, 3.63) is 12.2 Å². The number of aliphatic hydroxyl groups is 1. The van der Waals surface area contributed by atoms with Crippen LogP contribution in [0, 0.1) is 5.92 Å². The number of rotatable bonds is 10. The number of cyclic esters (lactones) is 1. The molecule has 0 unspecified atom stereocenters. The number of hydrogen-bond acceptors (Lipinski definition) is 4. The molecule has 0 saturated heterocycles. The van der Waals surface area contributed by atoms with Crippen molar-refractivity contribution in [2.45, 2.75) is 77.1 Å². The Morgan fingerprint density at radius 1 is 1.38 bits per heavy atom. The summed E-state index contributed by atoms with van der Waals surface area (Å²) in [6, 6.07) is 0. The summed E-state index contributed by atoms with van der Waals surface area (Å²) < 4.78 is 10.8. The second-order valence-electron chi connectivity index (χ2n) is 5.89. The van der Waals surface area contributed by atoms with Crippen LogP contribution in [0.5, 0.6) is 0 Å². The van der Waals surface area contributed by atoms with Gasteiger partial charge in [0.25, 0.3) is 0 Å². The third-order valence-electron chi connectivity index (χ3n) is 4.20. The Morgan fingerprint density at radius 2 is 2.14 bits per heavy atom. The summed E-state index contributed by atoms with van der Waals surface area (Å²) in [4.78, 5) is 11.4. The molecular formula is C17H30O4. The van der Waals surface area contributed by atoms with Crippen LogP contribution in [0.2, 0.25) is 0 Å². The first-order chi connectivity index (χ1) is 10.1. The normalized spacial score (nSPS) is 24.7. The molecule has 4 heteroatoms. The molecule has 0 saturated carbocycles. The van der Waals surface area contributed by atoms with Crippen LogP contribution in [0.15, 0.2) is 12.2 Å². The van der Waals surface area contributed by atoms with E-state index < -0.39 is 6.10 Å². The molecule has 1 heterocycles. The highest BCUT2D eigenvalue weighted by molar-refractivity contribution is 5.82. The number of carbonyl (C=O) groups is 1. The number of unbranched alkanes of at least 4 members (excludes halogenated alkanes) is 2. The predicted molar refractivity (Wildman–Crippen MR) is 83.0 cm³/mol. The van der Waals surface area contributed by atoms with Gasteiger partial charge in [-0.15, -0.1) is 0 Å². The molecular weight excluding hydrogens is 268 g/mol. The van der Waals surface area contributed by atoms with E-state index in [1.807, 2.05) is 6.08 Å². The molecule has 0 radical (unpaired) electrons. The van der Waals surface area contributed by atoms with E-state index >= 15 is 0 Å². The Hall–Kier alpha value is -0.870. The Bertz CT molecular complexity index is 327. The lowest BCUT2D eigenvalue weighted by atomic mass is 9.91. The maximum Gasteiger partial charge on any atom is 0.330 e. The molecule has 122 valence electrons. The maximum absolute atomic E-state index is 11.4. The van der Waals surface area contributed by atoms with Crippen molar-refractivity contribution in [2.75, 3.05) is 7.11 Å². The topological polar surface area (TPSA) is 55.8 Å². The molecule has 1 aliphatic rings. The Morgan fingerprint density at radius 3 is 2.76 bits per heavy atom. The van der Waals surface area contributed by atoms with Crippen molar-refractivity contribution >= 4 is 5.97 Å². The molecule has 0 aromatic rings. The predicted octanol–water partition coefficient (Wildman–Crippen LogP) is 3.23. The van der Waals surface area contributed by atoms with Gasteiger partial charge in [0, 0.05) is 25.5 Å². The number of carbonyl (C=O) groups excluding carboxylic acids is 1. The lowest BCUT2D eigenvalue weighted by Gasteiger charge is -2.29. The van der Waals surface area contributed by atoms with Gasteiger partial charge in [-0.05, 0) is 19.3 Å². The van der Waals surface area contributed by atoms with Crippen molar-refractivity contribution in [2.24, 2.45) is 5.92 Å². The monoisotopic (exact) mass is 298 g/mol. The fourth-order valence-electron chi connectivity index (χ4n) is 2.85. The maximum atomic E-state index is 11.4. The summed E-state index contributed by atoms with van der Waals surface area (Å²) in [7, 11) is 1.70. The Kier molecular flexibility index (Phi) is 8.62. The summed E-state index contributed by atoms with van der Waals surface area (Å²) in [5.74, 6) is -0.0958. The van der Waals surface area contributed by atoms with Crippen LogP contribution in [0.4, 0.5) is 0 Å². The zero-order valence-electron chi connectivity index (χ0n) is 13.6. The molecule has 1 rings (SSSR count). The highest BCUT2D eigenvalue weighted by Crippen LogP contribution is 2.24. The average Bonchev–Trinajstić information content (AvgIpc) is 2.46. The summed E-state index contributed by atoms with van der Waals surface area (Å²) in [5.41, 5.74) is 0. The zero-order valence-corrected chi connectivity index (χ0v) is 13.6. The summed E-state index contributed by atoms with van der Waals surface area (Å²) >= 11 is 0. The summed E-state index contributed by atoms with van der Waals surface area (Å²) in [6.07, 6.45) is 9.25. The van der Waals surface area contributed by atoms with Crippen LogP contribution >= 0.6 is 0 Å². The highest BCUT2D eigenvalue weighted by Gasteiger charge is 2.28. The lowest BCUT2D eigenvalue weighted by molar-refractivity contribution is -0.148. The van der Waals surface area contributed by atoms with Crippen LogP contribution in [-0.2, 0) is 14.3 Å². The number of ether oxygens (including phenoxy) is 2. The van der Waals surface area contributed by atoms with Crippen LogP contribution in [0.3, 0.4) is 0 Å². The minimum atomic E-state index is -0.491. The van der Waals surface area contributed by atoms with Gasteiger partial charge in [-0.2, -0.15) is 0 Å². The minimum Gasteiger partial charge on any atom is -0.458 e. The first kappa shape index (κ1) is 18.2. The van der Waals surface area contributed by atoms with Gasteiger partial charge in [0.2, 0.25) is 0 Å². The summed E-state index contributed by atoms with van der Waals surface area (Å²) in [6.45, 7) is 4.24. The zero-order chi connectivity index (χ0) is 15.7. The van der Waals surface area contributed by atoms with Crippen molar-refractivity contribution in [3.63, 3.8) is 0 Å². The van der Waals surface area contributed by atoms with E-state index in [-0.39, 0.29) is 24.1 Å². The highest BCUT2D eigenvalue weighted by atomic mass is 16.5. The smallest absolute Gasteiger partial charge is 0.330 e. The van der Waals surface area contributed by atoms with Gasteiger partial charge >= 0.3 is 5.97 Å². The molecule has 0 amide bonds. The molecule has 0 aliphatic carbocycles. The first-order valence-electron chi connectivity index (χ1n) is 8.20. The molecule has 1 aliphatic heterocycles. The van der Waals surface area contributed by atoms with Gasteiger partial charge in [0.05, 0.1) is 12.2 Å². The third-order valence-corrected chi connectivity index (χ3v) is 4.20. The van der Waals surface area contributed by atoms with Crippen LogP contribution in [0.1, 0.15) is 58.8 Å². The average molecular weight is 298 g/mol. The first-order valence-corrected chi connectivity index (χ1v) is 8.20. The standard InChI is InChI=1S/C17H30O4/c1-4-6-7-8-15(20-3)11-14(18)12-16-13(5-2)9-10-17(19)21-16/h9-10,13-16,18H,4-8,11-12H2,1-3H3/t13-,14+,15-,16-/m1/s1. The van der Waals surface area contributed by atoms with E-state index in [1.165, 1.54) is 18.9 Å². The van der Waals surface area contributed by atoms with Crippen LogP contribution in [-0.4, -0.2) is 36.5 Å². The molecule has 21 heavy (non-hydrogen) atoms. The molecule has 0 spiro atoms. The van der Waals surface area contributed by atoms with E-state index in [1.54, 1.807) is 7.11 Å². The van der Waals surface area contributed by atoms with Crippen molar-refractivity contribution in [1.29, 1.82) is 0 Å². The van der Waals surface area contributed by atoms with E-state index in [9.17, 15) is 9.90 Å². The molecule has 4 nitrogen and oxygen atoms in total. The minimum absolute atomic E-state index is 0.0847. The van der Waals surface area contributed by atoms with Gasteiger partial charge in [-0.25, -0.2) is 4.79 Å². The van der Waals surface area contributed by atoms with Crippen molar-refractivity contribution in [3.8, 4) is 0 Å². The van der Waals surface area contributed by atoms with Gasteiger partial charge in [0.1, 0.15) is 6.10 Å². The molecule has 0 aromatic heterocycles. The summed E-state index contributed by atoms with van der Waals surface area (Å²) in [5, 5.41) is 10.3. The van der Waals surface area contributed by atoms with Crippen molar-refractivity contribution in [1.82, 2.24) is 0 Å². The van der Waals surface area contributed by atoms with Gasteiger partial charge < -0.3 is 14.6 Å². The molecule has 4 atom stereocenters. The number of hydrogen-bond donors (Lipinski definition) is 1. The fourth-order valence-corrected chi connectivity index (χ4v) is 2.85. The van der Waals surface area contributed by atoms with E-state index in [0.29, 0.717) is 12.8 Å². The molecule has 0 fully saturated rings. The fraction of sp³-hybridized carbons (Fsp3) is 0.824. The largest absolute Gasteiger partial charge is 0.458 e. The van der Waals surface area contributed by atoms with Crippen molar-refractivity contribution < 1.29 is 19.4 Å². The van der Waals surface area contributed by atoms with Gasteiger partial charge in [-0.1, -0.05) is 39.2 Å². The number of aliphatic hydroxyl groups excluding tert-OH is 1. The second-order valence-corrected chi connectivity index (χ2v) is 5.89. The molecule has 0 bridgehead atoms. The van der Waals surface area contributed by atoms with E-state index in [4.69, 9.17) is 9.47 Å². The number of esters is 1. The quantitative estimate of drug-likeness (QED) is 0.497. The molecule has 1 N–H and O–H groups in total. The molecule has 0 aromatic carbocycles. The second kappa shape index (κ2) is 9.96. The Balaban J connectivity index is 2.41. The number of methoxy groups -OCH3 is 1. The Labute approximate surface area is 128 Å². The van der Waals surface area contributed by atoms with Crippen LogP contribution < -0.4 is 0 Å². The van der Waals surface area contributed by atoms with Gasteiger partial charge in [-0.3, -0.25) is 0 Å².